The van der Waals surface area contributed by atoms with Gasteiger partial charge in [0.15, 0.2) is 5.65 Å². The highest BCUT2D eigenvalue weighted by Crippen LogP contribution is 2.12. The Morgan fingerprint density at radius 2 is 2.40 bits per heavy atom. The quantitative estimate of drug-likeness (QED) is 0.864. The third-order valence-corrected chi connectivity index (χ3v) is 3.68. The third-order valence-electron chi connectivity index (χ3n) is 3.68. The van der Waals surface area contributed by atoms with Crippen molar-refractivity contribution in [3.63, 3.8) is 0 Å². The van der Waals surface area contributed by atoms with Crippen LogP contribution in [0.25, 0.3) is 5.65 Å². The highest BCUT2D eigenvalue weighted by atomic mass is 16.2. The van der Waals surface area contributed by atoms with E-state index in [1.165, 1.54) is 0 Å². The zero-order valence-electron chi connectivity index (χ0n) is 11.8. The summed E-state index contributed by atoms with van der Waals surface area (Å²) in [6.07, 6.45) is 3.75. The second-order valence-electron chi connectivity index (χ2n) is 5.31. The summed E-state index contributed by atoms with van der Waals surface area (Å²) in [6.45, 7) is 5.36. The molecule has 106 valence electrons. The van der Waals surface area contributed by atoms with E-state index >= 15 is 0 Å². The van der Waals surface area contributed by atoms with Crippen molar-refractivity contribution in [2.24, 2.45) is 0 Å². The maximum Gasteiger partial charge on any atom is 0.237 e. The number of nitrogens with one attached hydrogen (secondary N) is 2. The lowest BCUT2D eigenvalue weighted by molar-refractivity contribution is -0.122. The number of nitrogens with zero attached hydrogens (tertiary/aromatic N) is 3. The normalized spacial score (nSPS) is 18.6. The molecule has 0 spiro atoms. The van der Waals surface area contributed by atoms with Crippen molar-refractivity contribution < 1.29 is 4.79 Å². The molecular weight excluding hydrogens is 254 g/mol. The number of carbonyl (C=O) groups excluding carboxylic acids is 1. The fraction of sp³-hybridized carbons (Fsp3) is 0.500. The van der Waals surface area contributed by atoms with Crippen LogP contribution in [0.15, 0.2) is 12.3 Å². The molecule has 2 aromatic heterocycles. The van der Waals surface area contributed by atoms with E-state index < -0.39 is 0 Å². The third kappa shape index (κ3) is 2.38. The van der Waals surface area contributed by atoms with Crippen LogP contribution in [-0.2, 0) is 11.3 Å². The van der Waals surface area contributed by atoms with Gasteiger partial charge in [-0.05, 0) is 39.3 Å². The van der Waals surface area contributed by atoms with Crippen LogP contribution in [0.2, 0.25) is 0 Å². The Bertz CT molecular complexity index is 642. The van der Waals surface area contributed by atoms with Gasteiger partial charge in [-0.15, -0.1) is 0 Å². The molecule has 20 heavy (non-hydrogen) atoms. The summed E-state index contributed by atoms with van der Waals surface area (Å²) in [5, 5.41) is 10.5. The summed E-state index contributed by atoms with van der Waals surface area (Å²) in [7, 11) is 0. The highest BCUT2D eigenvalue weighted by Gasteiger charge is 2.21. The minimum Gasteiger partial charge on any atom is -0.350 e. The van der Waals surface area contributed by atoms with E-state index in [0.29, 0.717) is 6.54 Å². The number of aromatic nitrogens is 3. The maximum atomic E-state index is 12.0. The molecule has 1 aliphatic heterocycles. The van der Waals surface area contributed by atoms with Crippen LogP contribution in [0.3, 0.4) is 0 Å². The molecule has 3 heterocycles. The summed E-state index contributed by atoms with van der Waals surface area (Å²) >= 11 is 0. The Labute approximate surface area is 117 Å². The summed E-state index contributed by atoms with van der Waals surface area (Å²) in [6, 6.07) is 1.94. The predicted octanol–water partition coefficient (Wildman–Crippen LogP) is 0.714. The van der Waals surface area contributed by atoms with E-state index in [4.69, 9.17) is 0 Å². The SMILES string of the molecule is Cc1cc(C)n2ncc(CNC(=O)C3CCCN3)c2n1. The van der Waals surface area contributed by atoms with Gasteiger partial charge in [-0.1, -0.05) is 0 Å². The largest absolute Gasteiger partial charge is 0.350 e. The first-order valence-corrected chi connectivity index (χ1v) is 6.97. The van der Waals surface area contributed by atoms with E-state index in [0.717, 1.165) is 42.0 Å². The van der Waals surface area contributed by atoms with Gasteiger partial charge in [0, 0.05) is 23.5 Å². The molecule has 1 aliphatic rings. The Hall–Kier alpha value is -1.95. The molecule has 2 N–H and O–H groups in total. The molecule has 2 aromatic rings. The molecule has 1 amide bonds. The second-order valence-corrected chi connectivity index (χ2v) is 5.31. The molecule has 0 saturated carbocycles. The lowest BCUT2D eigenvalue weighted by atomic mass is 10.2. The van der Waals surface area contributed by atoms with Crippen LogP contribution in [0.5, 0.6) is 0 Å². The van der Waals surface area contributed by atoms with Gasteiger partial charge in [0.25, 0.3) is 0 Å². The van der Waals surface area contributed by atoms with Crippen LogP contribution in [0.4, 0.5) is 0 Å². The predicted molar refractivity (Wildman–Crippen MR) is 75.3 cm³/mol. The number of carbonyl (C=O) groups is 1. The van der Waals surface area contributed by atoms with Gasteiger partial charge in [0.05, 0.1) is 12.2 Å². The zero-order chi connectivity index (χ0) is 14.1. The van der Waals surface area contributed by atoms with Gasteiger partial charge in [-0.3, -0.25) is 4.79 Å². The summed E-state index contributed by atoms with van der Waals surface area (Å²) in [5.41, 5.74) is 3.77. The van der Waals surface area contributed by atoms with Crippen molar-refractivity contribution in [3.05, 3.63) is 29.2 Å². The topological polar surface area (TPSA) is 71.3 Å². The number of rotatable bonds is 3. The second kappa shape index (κ2) is 5.20. The first-order valence-electron chi connectivity index (χ1n) is 6.97. The minimum absolute atomic E-state index is 0.0479. The van der Waals surface area contributed by atoms with Gasteiger partial charge < -0.3 is 10.6 Å². The first kappa shape index (κ1) is 13.1. The van der Waals surface area contributed by atoms with E-state index in [2.05, 4.69) is 20.7 Å². The lowest BCUT2D eigenvalue weighted by Gasteiger charge is -2.10. The van der Waals surface area contributed by atoms with Crippen LogP contribution >= 0.6 is 0 Å². The van der Waals surface area contributed by atoms with Crippen LogP contribution in [0, 0.1) is 13.8 Å². The van der Waals surface area contributed by atoms with Gasteiger partial charge in [0.2, 0.25) is 5.91 Å². The summed E-state index contributed by atoms with van der Waals surface area (Å²) in [4.78, 5) is 16.5. The van der Waals surface area contributed by atoms with Gasteiger partial charge >= 0.3 is 0 Å². The number of amides is 1. The molecule has 0 aliphatic carbocycles. The van der Waals surface area contributed by atoms with Crippen LogP contribution in [-0.4, -0.2) is 33.1 Å². The molecule has 1 saturated heterocycles. The summed E-state index contributed by atoms with van der Waals surface area (Å²) in [5.74, 6) is 0.0613. The number of hydrogen-bond acceptors (Lipinski definition) is 4. The Kier molecular flexibility index (Phi) is 3.40. The Morgan fingerprint density at radius 3 is 3.15 bits per heavy atom. The average Bonchev–Trinajstić information content (AvgIpc) is 3.05. The maximum absolute atomic E-state index is 12.0. The minimum atomic E-state index is -0.0479. The van der Waals surface area contributed by atoms with Crippen molar-refractivity contribution in [2.45, 2.75) is 39.3 Å². The molecule has 6 heteroatoms. The molecule has 3 rings (SSSR count). The molecule has 1 atom stereocenters. The molecule has 6 nitrogen and oxygen atoms in total. The van der Waals surface area contributed by atoms with Crippen molar-refractivity contribution in [1.29, 1.82) is 0 Å². The highest BCUT2D eigenvalue weighted by molar-refractivity contribution is 5.82. The van der Waals surface area contributed by atoms with Crippen molar-refractivity contribution in [1.82, 2.24) is 25.2 Å². The number of hydrogen-bond donors (Lipinski definition) is 2. The van der Waals surface area contributed by atoms with Gasteiger partial charge in [-0.2, -0.15) is 5.10 Å². The fourth-order valence-corrected chi connectivity index (χ4v) is 2.65. The van der Waals surface area contributed by atoms with Crippen molar-refractivity contribution >= 4 is 11.6 Å². The first-order chi connectivity index (χ1) is 9.65. The number of aryl methyl sites for hydroxylation is 2. The Balaban J connectivity index is 1.76. The van der Waals surface area contributed by atoms with Gasteiger partial charge in [-0.25, -0.2) is 9.50 Å². The molecule has 1 unspecified atom stereocenters. The zero-order valence-corrected chi connectivity index (χ0v) is 11.8. The molecular formula is C14H19N5O. The van der Waals surface area contributed by atoms with Crippen molar-refractivity contribution in [2.75, 3.05) is 6.54 Å². The van der Waals surface area contributed by atoms with E-state index in [1.54, 1.807) is 6.20 Å². The lowest BCUT2D eigenvalue weighted by Crippen LogP contribution is -2.40. The smallest absolute Gasteiger partial charge is 0.237 e. The monoisotopic (exact) mass is 273 g/mol. The van der Waals surface area contributed by atoms with E-state index in [1.807, 2.05) is 24.4 Å². The van der Waals surface area contributed by atoms with E-state index in [-0.39, 0.29) is 11.9 Å². The summed E-state index contributed by atoms with van der Waals surface area (Å²) < 4.78 is 1.81. The number of fused-ring (bicyclic) bond motifs is 1. The van der Waals surface area contributed by atoms with Crippen LogP contribution in [0.1, 0.15) is 29.8 Å². The molecule has 1 fully saturated rings. The molecule has 0 aromatic carbocycles. The standard InChI is InChI=1S/C14H19N5O/c1-9-6-10(2)19-13(18-9)11(8-17-19)7-16-14(20)12-4-3-5-15-12/h6,8,12,15H,3-5,7H2,1-2H3,(H,16,20). The van der Waals surface area contributed by atoms with Crippen molar-refractivity contribution in [3.8, 4) is 0 Å². The van der Waals surface area contributed by atoms with Crippen LogP contribution < -0.4 is 10.6 Å². The average molecular weight is 273 g/mol. The molecule has 0 bridgehead atoms. The van der Waals surface area contributed by atoms with Gasteiger partial charge in [0.1, 0.15) is 0 Å². The Morgan fingerprint density at radius 1 is 1.55 bits per heavy atom. The fourth-order valence-electron chi connectivity index (χ4n) is 2.65. The molecule has 0 radical (unpaired) electrons. The van der Waals surface area contributed by atoms with E-state index in [9.17, 15) is 4.79 Å².